The number of benzene rings is 2. The molecule has 0 aliphatic carbocycles. The molecule has 0 aliphatic heterocycles. The minimum absolute atomic E-state index is 0.649. The van der Waals surface area contributed by atoms with Crippen LogP contribution in [0.1, 0.15) is 16.7 Å². The van der Waals surface area contributed by atoms with E-state index in [9.17, 15) is 5.21 Å². The van der Waals surface area contributed by atoms with Gasteiger partial charge in [0, 0.05) is 17.7 Å². The first kappa shape index (κ1) is 11.4. The van der Waals surface area contributed by atoms with Gasteiger partial charge in [-0.25, -0.2) is 0 Å². The van der Waals surface area contributed by atoms with E-state index in [1.807, 2.05) is 62.4 Å². The van der Waals surface area contributed by atoms with Gasteiger partial charge in [-0.1, -0.05) is 35.4 Å². The van der Waals surface area contributed by atoms with Crippen molar-refractivity contribution in [2.24, 2.45) is 0 Å². The largest absolute Gasteiger partial charge is 0.618 e. The van der Waals surface area contributed by atoms with Gasteiger partial charge in [0.1, 0.15) is 0 Å². The molecule has 0 spiro atoms. The molecule has 17 heavy (non-hydrogen) atoms. The average Bonchev–Trinajstić information content (AvgIpc) is 2.33. The number of nitrogens with zero attached hydrogens (tertiary/aromatic N) is 1. The Balaban J connectivity index is 2.27. The van der Waals surface area contributed by atoms with E-state index in [2.05, 4.69) is 0 Å². The molecule has 0 atom stereocenters. The fourth-order valence-electron chi connectivity index (χ4n) is 1.55. The van der Waals surface area contributed by atoms with Crippen LogP contribution >= 0.6 is 0 Å². The molecule has 0 aromatic heterocycles. The number of rotatable bonds is 2. The van der Waals surface area contributed by atoms with Crippen molar-refractivity contribution < 1.29 is 4.74 Å². The monoisotopic (exact) mass is 225 g/mol. The Labute approximate surface area is 101 Å². The lowest BCUT2D eigenvalue weighted by Gasteiger charge is -2.03. The van der Waals surface area contributed by atoms with Crippen molar-refractivity contribution in [2.75, 3.05) is 0 Å². The van der Waals surface area contributed by atoms with Gasteiger partial charge in [0.2, 0.25) is 5.69 Å². The third-order valence-electron chi connectivity index (χ3n) is 2.63. The maximum absolute atomic E-state index is 11.9. The zero-order valence-electron chi connectivity index (χ0n) is 10.1. The third-order valence-corrected chi connectivity index (χ3v) is 2.63. The number of aryl methyl sites for hydroxylation is 2. The van der Waals surface area contributed by atoms with Crippen LogP contribution < -0.4 is 0 Å². The van der Waals surface area contributed by atoms with Crippen molar-refractivity contribution in [1.82, 2.24) is 0 Å². The summed E-state index contributed by atoms with van der Waals surface area (Å²) in [5.41, 5.74) is 3.90. The summed E-state index contributed by atoms with van der Waals surface area (Å²) in [4.78, 5) is 0. The van der Waals surface area contributed by atoms with Crippen LogP contribution in [0.2, 0.25) is 0 Å². The Hall–Kier alpha value is -2.09. The molecule has 0 saturated heterocycles. The molecule has 0 unspecified atom stereocenters. The Kier molecular flexibility index (Phi) is 3.24. The van der Waals surface area contributed by atoms with E-state index >= 15 is 0 Å². The minimum atomic E-state index is 0.649. The molecule has 86 valence electrons. The van der Waals surface area contributed by atoms with Crippen LogP contribution in [0.25, 0.3) is 0 Å². The summed E-state index contributed by atoms with van der Waals surface area (Å²) in [6, 6.07) is 15.4. The first-order chi connectivity index (χ1) is 8.15. The fraction of sp³-hybridized carbons (Fsp3) is 0.133. The van der Waals surface area contributed by atoms with E-state index in [1.54, 1.807) is 6.21 Å². The molecule has 0 bridgehead atoms. The molecule has 2 rings (SSSR count). The Morgan fingerprint density at radius 1 is 0.824 bits per heavy atom. The summed E-state index contributed by atoms with van der Waals surface area (Å²) in [6.45, 7) is 4.03. The van der Waals surface area contributed by atoms with Gasteiger partial charge < -0.3 is 5.21 Å². The summed E-state index contributed by atoms with van der Waals surface area (Å²) in [7, 11) is 0. The predicted molar refractivity (Wildman–Crippen MR) is 70.8 cm³/mol. The lowest BCUT2D eigenvalue weighted by Crippen LogP contribution is -1.98. The second kappa shape index (κ2) is 4.83. The van der Waals surface area contributed by atoms with Crippen molar-refractivity contribution in [2.45, 2.75) is 13.8 Å². The SMILES string of the molecule is Cc1ccc(C=[N+]([O-])c2ccc(C)cc2)cc1. The molecule has 0 fully saturated rings. The smallest absolute Gasteiger partial charge is 0.216 e. The van der Waals surface area contributed by atoms with Crippen LogP contribution in [0.3, 0.4) is 0 Å². The minimum Gasteiger partial charge on any atom is -0.618 e. The number of hydrogen-bond acceptors (Lipinski definition) is 1. The van der Waals surface area contributed by atoms with Crippen molar-refractivity contribution in [3.05, 3.63) is 70.4 Å². The maximum Gasteiger partial charge on any atom is 0.216 e. The predicted octanol–water partition coefficient (Wildman–Crippen LogP) is 3.56. The lowest BCUT2D eigenvalue weighted by molar-refractivity contribution is -0.354. The van der Waals surface area contributed by atoms with E-state index in [0.717, 1.165) is 15.9 Å². The van der Waals surface area contributed by atoms with Crippen molar-refractivity contribution in [1.29, 1.82) is 0 Å². The zero-order chi connectivity index (χ0) is 12.3. The van der Waals surface area contributed by atoms with E-state index in [1.165, 1.54) is 5.56 Å². The van der Waals surface area contributed by atoms with Crippen LogP contribution in [0, 0.1) is 19.1 Å². The molecule has 0 N–H and O–H groups in total. The van der Waals surface area contributed by atoms with Gasteiger partial charge in [-0.15, -0.1) is 0 Å². The summed E-state index contributed by atoms with van der Waals surface area (Å²) < 4.78 is 0.893. The third kappa shape index (κ3) is 2.94. The molecule has 0 saturated carbocycles. The van der Waals surface area contributed by atoms with Crippen LogP contribution in [-0.4, -0.2) is 11.0 Å². The van der Waals surface area contributed by atoms with Crippen LogP contribution in [0.15, 0.2) is 48.5 Å². The molecule has 2 heteroatoms. The normalized spacial score (nSPS) is 11.5. The van der Waals surface area contributed by atoms with Crippen LogP contribution in [-0.2, 0) is 0 Å². The van der Waals surface area contributed by atoms with Crippen molar-refractivity contribution in [3.8, 4) is 0 Å². The van der Waals surface area contributed by atoms with Gasteiger partial charge in [-0.05, 0) is 26.0 Å². The first-order valence-corrected chi connectivity index (χ1v) is 5.60. The van der Waals surface area contributed by atoms with Crippen LogP contribution in [0.4, 0.5) is 5.69 Å². The highest BCUT2D eigenvalue weighted by molar-refractivity contribution is 5.76. The van der Waals surface area contributed by atoms with Gasteiger partial charge in [-0.2, -0.15) is 4.74 Å². The van der Waals surface area contributed by atoms with Crippen molar-refractivity contribution in [3.63, 3.8) is 0 Å². The molecular weight excluding hydrogens is 210 g/mol. The standard InChI is InChI=1S/C15H15NO/c1-12-3-7-14(8-4-12)11-16(17)15-9-5-13(2)6-10-15/h3-11H,1-2H3. The zero-order valence-corrected chi connectivity index (χ0v) is 10.1. The Bertz CT molecular complexity index is 524. The average molecular weight is 225 g/mol. The molecule has 0 radical (unpaired) electrons. The highest BCUT2D eigenvalue weighted by Crippen LogP contribution is 2.12. The number of hydrogen-bond donors (Lipinski definition) is 0. The molecule has 0 amide bonds. The molecule has 0 aliphatic rings. The maximum atomic E-state index is 11.9. The summed E-state index contributed by atoms with van der Waals surface area (Å²) >= 11 is 0. The molecule has 2 aromatic rings. The summed E-state index contributed by atoms with van der Waals surface area (Å²) in [5, 5.41) is 11.9. The van der Waals surface area contributed by atoms with E-state index < -0.39 is 0 Å². The van der Waals surface area contributed by atoms with Gasteiger partial charge in [-0.3, -0.25) is 0 Å². The fourth-order valence-corrected chi connectivity index (χ4v) is 1.55. The quantitative estimate of drug-likeness (QED) is 0.332. The molecule has 2 nitrogen and oxygen atoms in total. The van der Waals surface area contributed by atoms with Crippen LogP contribution in [0.5, 0.6) is 0 Å². The highest BCUT2D eigenvalue weighted by atomic mass is 16.5. The van der Waals surface area contributed by atoms with Gasteiger partial charge in [0.25, 0.3) is 0 Å². The second-order valence-corrected chi connectivity index (χ2v) is 4.20. The first-order valence-electron chi connectivity index (χ1n) is 5.60. The van der Waals surface area contributed by atoms with Gasteiger partial charge in [0.15, 0.2) is 6.21 Å². The molecule has 2 aromatic carbocycles. The van der Waals surface area contributed by atoms with E-state index in [0.29, 0.717) is 5.69 Å². The Morgan fingerprint density at radius 2 is 1.29 bits per heavy atom. The van der Waals surface area contributed by atoms with E-state index in [4.69, 9.17) is 0 Å². The van der Waals surface area contributed by atoms with Gasteiger partial charge in [0.05, 0.1) is 0 Å². The topological polar surface area (TPSA) is 26.1 Å². The van der Waals surface area contributed by atoms with Gasteiger partial charge >= 0.3 is 0 Å². The molecular formula is C15H15NO. The second-order valence-electron chi connectivity index (χ2n) is 4.20. The lowest BCUT2D eigenvalue weighted by atomic mass is 10.2. The summed E-state index contributed by atoms with van der Waals surface area (Å²) in [5.74, 6) is 0. The highest BCUT2D eigenvalue weighted by Gasteiger charge is 2.00. The van der Waals surface area contributed by atoms with Crippen molar-refractivity contribution >= 4 is 11.9 Å². The summed E-state index contributed by atoms with van der Waals surface area (Å²) in [6.07, 6.45) is 1.59. The molecule has 0 heterocycles. The van der Waals surface area contributed by atoms with E-state index in [-0.39, 0.29) is 0 Å². The Morgan fingerprint density at radius 3 is 1.82 bits per heavy atom.